The van der Waals surface area contributed by atoms with Crippen LogP contribution in [0.15, 0.2) is 29.3 Å². The SMILES string of the molecule is CC(C)C[C@H](NC(=O)[C@H](CCCN=C(N)N)NC(=O)[C@H](Cc1ccc(O)cc1)NC(=O)[C@H](CC(=O)O)NC(=O)[C@@H](NC(=O)[C@H](CCCCN)NC(=O)[C@H](C)NC(=O)[C@H](CC(C)C)NC(=O)[C@@H](N)CC(C)C)C(C)C)C(=O)O. The van der Waals surface area contributed by atoms with Crippen LogP contribution in [-0.4, -0.2) is 148 Å². The number of carboxylic acids is 2. The van der Waals surface area contributed by atoms with Crippen molar-refractivity contribution in [3.05, 3.63) is 29.8 Å². The van der Waals surface area contributed by atoms with Crippen molar-refractivity contribution in [1.82, 2.24) is 42.5 Å². The van der Waals surface area contributed by atoms with Gasteiger partial charge in [-0.15, -0.1) is 0 Å². The molecule has 0 aliphatic carbocycles. The summed E-state index contributed by atoms with van der Waals surface area (Å²) in [7, 11) is 0. The van der Waals surface area contributed by atoms with E-state index in [0.29, 0.717) is 24.8 Å². The average Bonchev–Trinajstić information content (AvgIpc) is 3.32. The highest BCUT2D eigenvalue weighted by molar-refractivity contribution is 5.99. The number of carboxylic acid groups (broad SMARTS) is 2. The number of amides is 8. The van der Waals surface area contributed by atoms with E-state index in [9.17, 15) is 63.3 Å². The summed E-state index contributed by atoms with van der Waals surface area (Å²) in [4.78, 5) is 138. The minimum atomic E-state index is -1.88. The number of hydrogen-bond donors (Lipinski definition) is 15. The number of phenolic OH excluding ortho intramolecular Hbond substituents is 1. The highest BCUT2D eigenvalue weighted by Crippen LogP contribution is 2.15. The van der Waals surface area contributed by atoms with E-state index in [-0.39, 0.29) is 81.1 Å². The Hall–Kier alpha value is -7.09. The Balaban J connectivity index is 3.51. The highest BCUT2D eigenvalue weighted by atomic mass is 16.4. The van der Waals surface area contributed by atoms with Gasteiger partial charge in [0, 0.05) is 13.0 Å². The molecule has 1 rings (SSSR count). The summed E-state index contributed by atoms with van der Waals surface area (Å²) in [5, 5.41) is 50.0. The molecule has 0 saturated heterocycles. The molecule has 0 radical (unpaired) electrons. The van der Waals surface area contributed by atoms with Crippen molar-refractivity contribution in [3.8, 4) is 5.75 Å². The molecule has 1 aromatic rings. The fraction of sp³-hybridized carbons (Fsp3) is 0.667. The number of nitrogens with one attached hydrogen (secondary N) is 8. The van der Waals surface area contributed by atoms with E-state index < -0.39 is 126 Å². The molecule has 0 fully saturated rings. The molecule has 0 aromatic heterocycles. The van der Waals surface area contributed by atoms with Crippen molar-refractivity contribution >= 4 is 65.2 Å². The van der Waals surface area contributed by atoms with Gasteiger partial charge in [0.05, 0.1) is 12.5 Å². The largest absolute Gasteiger partial charge is 0.508 e. The zero-order valence-electron chi connectivity index (χ0n) is 46.0. The second-order valence-corrected chi connectivity index (χ2v) is 20.9. The van der Waals surface area contributed by atoms with Crippen molar-refractivity contribution < 1.29 is 63.3 Å². The number of phenols is 1. The molecule has 434 valence electrons. The van der Waals surface area contributed by atoms with Gasteiger partial charge < -0.3 is 80.8 Å². The smallest absolute Gasteiger partial charge is 0.326 e. The Kier molecular flexibility index (Phi) is 30.5. The van der Waals surface area contributed by atoms with Gasteiger partial charge >= 0.3 is 11.9 Å². The first-order valence-corrected chi connectivity index (χ1v) is 26.1. The van der Waals surface area contributed by atoms with Gasteiger partial charge in [0.15, 0.2) is 5.96 Å². The molecule has 8 amide bonds. The summed E-state index contributed by atoms with van der Waals surface area (Å²) in [5.74, 6) is -10.8. The lowest BCUT2D eigenvalue weighted by atomic mass is 10.00. The third kappa shape index (κ3) is 27.0. The number of hydrogen-bond acceptors (Lipinski definition) is 14. The monoisotopic (exact) mass is 1090 g/mol. The molecule has 0 saturated carbocycles. The molecule has 1 aromatic carbocycles. The summed E-state index contributed by atoms with van der Waals surface area (Å²) in [6.07, 6.45) is 0.197. The summed E-state index contributed by atoms with van der Waals surface area (Å²) in [6, 6.07) is -6.54. The van der Waals surface area contributed by atoms with E-state index in [0.717, 1.165) is 0 Å². The van der Waals surface area contributed by atoms with Crippen LogP contribution in [0.3, 0.4) is 0 Å². The van der Waals surface area contributed by atoms with Crippen molar-refractivity contribution in [1.29, 1.82) is 0 Å². The first kappa shape index (κ1) is 67.9. The van der Waals surface area contributed by atoms with Crippen LogP contribution in [0.2, 0.25) is 0 Å². The Bertz CT molecular complexity index is 2150. The Morgan fingerprint density at radius 2 is 0.974 bits per heavy atom. The lowest BCUT2D eigenvalue weighted by Gasteiger charge is -2.29. The summed E-state index contributed by atoms with van der Waals surface area (Å²) < 4.78 is 0. The Labute approximate surface area is 451 Å². The molecule has 26 heteroatoms. The molecule has 77 heavy (non-hydrogen) atoms. The van der Waals surface area contributed by atoms with Crippen LogP contribution in [0.25, 0.3) is 0 Å². The summed E-state index contributed by atoms with van der Waals surface area (Å²) in [6.45, 7) is 15.8. The average molecular weight is 1090 g/mol. The van der Waals surface area contributed by atoms with Crippen molar-refractivity contribution in [2.24, 2.45) is 51.6 Å². The second kappa shape index (κ2) is 34.5. The number of aromatic hydroxyl groups is 1. The lowest BCUT2D eigenvalue weighted by molar-refractivity contribution is -0.143. The van der Waals surface area contributed by atoms with Gasteiger partial charge in [-0.1, -0.05) is 67.5 Å². The van der Waals surface area contributed by atoms with Crippen molar-refractivity contribution in [3.63, 3.8) is 0 Å². The van der Waals surface area contributed by atoms with Crippen molar-refractivity contribution in [2.75, 3.05) is 13.1 Å². The van der Waals surface area contributed by atoms with E-state index in [1.165, 1.54) is 31.2 Å². The van der Waals surface area contributed by atoms with E-state index in [1.54, 1.807) is 27.7 Å². The molecule has 26 nitrogen and oxygen atoms in total. The molecular weight excluding hydrogens is 1000 g/mol. The minimum Gasteiger partial charge on any atom is -0.508 e. The maximum Gasteiger partial charge on any atom is 0.326 e. The van der Waals surface area contributed by atoms with Crippen LogP contribution < -0.4 is 65.5 Å². The maximum atomic E-state index is 14.2. The highest BCUT2D eigenvalue weighted by Gasteiger charge is 2.36. The predicted octanol–water partition coefficient (Wildman–Crippen LogP) is -1.30. The van der Waals surface area contributed by atoms with Crippen LogP contribution in [0.5, 0.6) is 5.75 Å². The zero-order chi connectivity index (χ0) is 58.7. The maximum absolute atomic E-state index is 14.2. The number of rotatable bonds is 36. The van der Waals surface area contributed by atoms with Gasteiger partial charge in [0.1, 0.15) is 54.1 Å². The normalized spacial score (nSPS) is 14.8. The van der Waals surface area contributed by atoms with E-state index in [1.807, 2.05) is 27.7 Å². The molecule has 0 bridgehead atoms. The zero-order valence-corrected chi connectivity index (χ0v) is 46.0. The Morgan fingerprint density at radius 3 is 1.49 bits per heavy atom. The first-order chi connectivity index (χ1) is 35.9. The van der Waals surface area contributed by atoms with Gasteiger partial charge in [0.25, 0.3) is 0 Å². The number of nitrogens with zero attached hydrogens (tertiary/aromatic N) is 1. The molecule has 0 unspecified atom stereocenters. The van der Waals surface area contributed by atoms with Crippen molar-refractivity contribution in [2.45, 2.75) is 181 Å². The quantitative estimate of drug-likeness (QED) is 0.0211. The predicted molar refractivity (Wildman–Crippen MR) is 287 cm³/mol. The molecule has 0 aliphatic heterocycles. The number of benzene rings is 1. The molecule has 19 N–H and O–H groups in total. The standard InChI is InChI=1S/C51H87N13O13/c1-26(2)21-33(53)43(69)60-36(22-27(3)4)46(72)57-30(9)42(68)58-34(13-10-11-19-52)45(71)64-41(29(7)8)49(75)62-38(25-40(66)67)48(74)61-37(24-31-15-17-32(65)18-16-31)47(73)59-35(14-12-20-56-51(54)55)44(70)63-39(50(76)77)23-28(5)6/h15-18,26-30,33-39,41,65H,10-14,19-25,52-53H2,1-9H3,(H,57,72)(H,58,68)(H,59,73)(H,60,69)(H,61,74)(H,62,75)(H,63,70)(H,64,71)(H,66,67)(H,76,77)(H4,54,55,56)/t30-,33-,34-,35-,36-,37-,38-,39-,41-/m0/s1. The van der Waals surface area contributed by atoms with Crippen LogP contribution in [0.1, 0.15) is 126 Å². The number of aliphatic carboxylic acids is 2. The molecule has 0 spiro atoms. The first-order valence-electron chi connectivity index (χ1n) is 26.1. The van der Waals surface area contributed by atoms with Crippen LogP contribution in [0.4, 0.5) is 0 Å². The van der Waals surface area contributed by atoms with Crippen LogP contribution in [-0.2, 0) is 54.4 Å². The molecule has 9 atom stereocenters. The fourth-order valence-corrected chi connectivity index (χ4v) is 7.83. The number of unbranched alkanes of at least 4 members (excludes halogenated alkanes) is 1. The number of nitrogens with two attached hydrogens (primary N) is 4. The molecule has 0 aliphatic rings. The second-order valence-electron chi connectivity index (χ2n) is 20.9. The van der Waals surface area contributed by atoms with Gasteiger partial charge in [-0.05, 0) is 106 Å². The number of aliphatic imine (C=N–C) groups is 1. The summed E-state index contributed by atoms with van der Waals surface area (Å²) in [5.41, 5.74) is 23.0. The van der Waals surface area contributed by atoms with Crippen LogP contribution >= 0.6 is 0 Å². The van der Waals surface area contributed by atoms with E-state index in [2.05, 4.69) is 47.5 Å². The Morgan fingerprint density at radius 1 is 0.519 bits per heavy atom. The molecular formula is C51H87N13O13. The lowest BCUT2D eigenvalue weighted by Crippen LogP contribution is -2.61. The topological polar surface area (TPSA) is 444 Å². The van der Waals surface area contributed by atoms with Gasteiger partial charge in [-0.2, -0.15) is 0 Å². The minimum absolute atomic E-state index is 0.0261. The summed E-state index contributed by atoms with van der Waals surface area (Å²) >= 11 is 0. The number of carbonyl (C=O) groups excluding carboxylic acids is 8. The fourth-order valence-electron chi connectivity index (χ4n) is 7.83. The van der Waals surface area contributed by atoms with Gasteiger partial charge in [-0.3, -0.25) is 48.1 Å². The van der Waals surface area contributed by atoms with Gasteiger partial charge in [0.2, 0.25) is 47.3 Å². The van der Waals surface area contributed by atoms with E-state index >= 15 is 0 Å². The third-order valence-electron chi connectivity index (χ3n) is 11.9. The third-order valence-corrected chi connectivity index (χ3v) is 11.9. The molecule has 0 heterocycles. The van der Waals surface area contributed by atoms with Gasteiger partial charge in [-0.25, -0.2) is 4.79 Å². The van der Waals surface area contributed by atoms with Crippen LogP contribution in [0, 0.1) is 23.7 Å². The number of carbonyl (C=O) groups is 10. The van der Waals surface area contributed by atoms with E-state index in [4.69, 9.17) is 22.9 Å². The number of guanidine groups is 1.